The van der Waals surface area contributed by atoms with Gasteiger partial charge in [-0.15, -0.1) is 0 Å². The fraction of sp³-hybridized carbons (Fsp3) is 0.125. The molecule has 0 saturated heterocycles. The SMILES string of the molecule is O=C(c1ccc(O)cc1F)C(F)Br. The van der Waals surface area contributed by atoms with Crippen LogP contribution in [0.25, 0.3) is 0 Å². The van der Waals surface area contributed by atoms with E-state index in [9.17, 15) is 13.6 Å². The quantitative estimate of drug-likeness (QED) is 0.647. The minimum atomic E-state index is -1.92. The van der Waals surface area contributed by atoms with E-state index < -0.39 is 16.7 Å². The van der Waals surface area contributed by atoms with Crippen LogP contribution >= 0.6 is 15.9 Å². The topological polar surface area (TPSA) is 37.3 Å². The lowest BCUT2D eigenvalue weighted by Gasteiger charge is -2.01. The molecule has 0 aliphatic rings. The van der Waals surface area contributed by atoms with Crippen LogP contribution < -0.4 is 0 Å². The van der Waals surface area contributed by atoms with Crippen LogP contribution in [0, 0.1) is 5.82 Å². The second-order valence-corrected chi connectivity index (χ2v) is 3.13. The molecule has 0 aromatic heterocycles. The monoisotopic (exact) mass is 250 g/mol. The highest BCUT2D eigenvalue weighted by Gasteiger charge is 2.19. The molecule has 1 rings (SSSR count). The minimum Gasteiger partial charge on any atom is -0.508 e. The maximum atomic E-state index is 12.9. The van der Waals surface area contributed by atoms with Gasteiger partial charge < -0.3 is 5.11 Å². The number of carbonyl (C=O) groups is 1. The summed E-state index contributed by atoms with van der Waals surface area (Å²) in [5.41, 5.74) is -0.387. The van der Waals surface area contributed by atoms with E-state index in [4.69, 9.17) is 5.11 Å². The Hall–Kier alpha value is -0.970. The summed E-state index contributed by atoms with van der Waals surface area (Å²) in [5, 5.41) is 6.88. The number of phenols is 1. The van der Waals surface area contributed by atoms with Gasteiger partial charge in [0.25, 0.3) is 0 Å². The van der Waals surface area contributed by atoms with Crippen LogP contribution in [0.4, 0.5) is 8.78 Å². The van der Waals surface area contributed by atoms with Crippen LogP contribution in [0.15, 0.2) is 18.2 Å². The first-order valence-electron chi connectivity index (χ1n) is 3.33. The number of halogens is 3. The number of phenolic OH excluding ortho intramolecular Hbond substituents is 1. The van der Waals surface area contributed by atoms with Gasteiger partial charge in [0.05, 0.1) is 5.56 Å². The van der Waals surface area contributed by atoms with Crippen molar-refractivity contribution in [3.8, 4) is 5.75 Å². The Labute approximate surface area is 81.3 Å². The molecule has 1 aromatic carbocycles. The molecule has 0 aliphatic heterocycles. The van der Waals surface area contributed by atoms with Gasteiger partial charge >= 0.3 is 0 Å². The van der Waals surface area contributed by atoms with Crippen LogP contribution in [-0.2, 0) is 0 Å². The smallest absolute Gasteiger partial charge is 0.217 e. The van der Waals surface area contributed by atoms with E-state index >= 15 is 0 Å². The van der Waals surface area contributed by atoms with Crippen molar-refractivity contribution in [2.45, 2.75) is 5.08 Å². The fourth-order valence-corrected chi connectivity index (χ4v) is 1.07. The first kappa shape index (κ1) is 10.1. The highest BCUT2D eigenvalue weighted by molar-refractivity contribution is 9.09. The number of hydrogen-bond donors (Lipinski definition) is 1. The van der Waals surface area contributed by atoms with Gasteiger partial charge in [-0.1, -0.05) is 0 Å². The van der Waals surface area contributed by atoms with Crippen molar-refractivity contribution in [2.24, 2.45) is 0 Å². The van der Waals surface area contributed by atoms with Crippen LogP contribution in [0.1, 0.15) is 10.4 Å². The Balaban J connectivity index is 3.09. The van der Waals surface area contributed by atoms with Gasteiger partial charge in [0, 0.05) is 6.07 Å². The molecule has 0 fully saturated rings. The van der Waals surface area contributed by atoms with Crippen molar-refractivity contribution in [1.82, 2.24) is 0 Å². The zero-order valence-corrected chi connectivity index (χ0v) is 7.88. The molecule has 0 radical (unpaired) electrons. The maximum Gasteiger partial charge on any atom is 0.217 e. The van der Waals surface area contributed by atoms with Gasteiger partial charge in [-0.3, -0.25) is 4.79 Å². The number of benzene rings is 1. The van der Waals surface area contributed by atoms with E-state index in [-0.39, 0.29) is 11.3 Å². The van der Waals surface area contributed by atoms with Crippen molar-refractivity contribution in [1.29, 1.82) is 0 Å². The van der Waals surface area contributed by atoms with Gasteiger partial charge in [-0.2, -0.15) is 0 Å². The van der Waals surface area contributed by atoms with Gasteiger partial charge in [-0.25, -0.2) is 8.78 Å². The summed E-state index contributed by atoms with van der Waals surface area (Å²) in [6, 6.07) is 2.90. The summed E-state index contributed by atoms with van der Waals surface area (Å²) >= 11 is 2.38. The largest absolute Gasteiger partial charge is 0.508 e. The van der Waals surface area contributed by atoms with E-state index in [1.165, 1.54) is 0 Å². The van der Waals surface area contributed by atoms with Gasteiger partial charge in [0.15, 0.2) is 0 Å². The predicted molar refractivity (Wildman–Crippen MR) is 46.2 cm³/mol. The lowest BCUT2D eigenvalue weighted by atomic mass is 10.1. The average molecular weight is 251 g/mol. The highest BCUT2D eigenvalue weighted by Crippen LogP contribution is 2.18. The normalized spacial score (nSPS) is 12.5. The van der Waals surface area contributed by atoms with E-state index in [1.807, 2.05) is 0 Å². The second-order valence-electron chi connectivity index (χ2n) is 2.33. The highest BCUT2D eigenvalue weighted by atomic mass is 79.9. The molecule has 0 bridgehead atoms. The molecule has 1 atom stereocenters. The molecule has 70 valence electrons. The third-order valence-electron chi connectivity index (χ3n) is 1.42. The van der Waals surface area contributed by atoms with E-state index in [0.29, 0.717) is 0 Å². The molecule has 2 nitrogen and oxygen atoms in total. The molecule has 0 spiro atoms. The van der Waals surface area contributed by atoms with Gasteiger partial charge in [-0.05, 0) is 28.1 Å². The molecule has 0 heterocycles. The van der Waals surface area contributed by atoms with E-state index in [2.05, 4.69) is 15.9 Å². The van der Waals surface area contributed by atoms with Crippen LogP contribution in [-0.4, -0.2) is 16.0 Å². The van der Waals surface area contributed by atoms with Gasteiger partial charge in [0.1, 0.15) is 11.6 Å². The molecule has 13 heavy (non-hydrogen) atoms. The summed E-state index contributed by atoms with van der Waals surface area (Å²) in [5.74, 6) is -2.25. The van der Waals surface area contributed by atoms with E-state index in [0.717, 1.165) is 18.2 Å². The van der Waals surface area contributed by atoms with Crippen molar-refractivity contribution in [2.75, 3.05) is 0 Å². The number of alkyl halides is 2. The second kappa shape index (κ2) is 3.83. The molecular weight excluding hydrogens is 246 g/mol. The summed E-state index contributed by atoms with van der Waals surface area (Å²) in [6.07, 6.45) is 0. The minimum absolute atomic E-state index is 0.306. The Bertz CT molecular complexity index is 339. The fourth-order valence-electron chi connectivity index (χ4n) is 0.821. The lowest BCUT2D eigenvalue weighted by molar-refractivity contribution is 0.0938. The lowest BCUT2D eigenvalue weighted by Crippen LogP contribution is -2.10. The van der Waals surface area contributed by atoms with Crippen molar-refractivity contribution in [3.05, 3.63) is 29.6 Å². The number of hydrogen-bond acceptors (Lipinski definition) is 2. The number of Topliss-reactive ketones (excluding diaryl/α,β-unsaturated/α-hetero) is 1. The molecule has 1 unspecified atom stereocenters. The zero-order valence-electron chi connectivity index (χ0n) is 6.30. The van der Waals surface area contributed by atoms with E-state index in [1.54, 1.807) is 0 Å². The average Bonchev–Trinajstić information content (AvgIpc) is 2.03. The summed E-state index contributed by atoms with van der Waals surface area (Å²) in [7, 11) is 0. The third-order valence-corrected chi connectivity index (χ3v) is 1.83. The first-order valence-corrected chi connectivity index (χ1v) is 4.25. The Morgan fingerprint density at radius 3 is 2.62 bits per heavy atom. The number of ketones is 1. The zero-order chi connectivity index (χ0) is 10.0. The standard InChI is InChI=1S/C8H5BrF2O2/c9-8(11)7(13)5-2-1-4(12)3-6(5)10/h1-3,8,12H. The Morgan fingerprint density at radius 2 is 2.15 bits per heavy atom. The maximum absolute atomic E-state index is 12.9. The molecule has 1 aromatic rings. The first-order chi connectivity index (χ1) is 6.02. The number of aromatic hydroxyl groups is 1. The predicted octanol–water partition coefficient (Wildman–Crippen LogP) is 2.40. The molecular formula is C8H5BrF2O2. The van der Waals surface area contributed by atoms with Crippen LogP contribution in [0.2, 0.25) is 0 Å². The Kier molecular flexibility index (Phi) is 2.98. The summed E-state index contributed by atoms with van der Waals surface area (Å²) in [6.45, 7) is 0. The molecule has 0 amide bonds. The molecule has 5 heteroatoms. The summed E-state index contributed by atoms with van der Waals surface area (Å²) < 4.78 is 25.3. The third kappa shape index (κ3) is 2.24. The van der Waals surface area contributed by atoms with Crippen molar-refractivity contribution < 1.29 is 18.7 Å². The van der Waals surface area contributed by atoms with Crippen LogP contribution in [0.5, 0.6) is 5.75 Å². The van der Waals surface area contributed by atoms with Crippen LogP contribution in [0.3, 0.4) is 0 Å². The summed E-state index contributed by atoms with van der Waals surface area (Å²) in [4.78, 5) is 10.9. The Morgan fingerprint density at radius 1 is 1.54 bits per heavy atom. The molecule has 0 saturated carbocycles. The number of rotatable bonds is 2. The van der Waals surface area contributed by atoms with Gasteiger partial charge in [0.2, 0.25) is 10.9 Å². The van der Waals surface area contributed by atoms with Crippen molar-refractivity contribution >= 4 is 21.7 Å². The molecule has 1 N–H and O–H groups in total. The number of carbonyl (C=O) groups excluding carboxylic acids is 1. The van der Waals surface area contributed by atoms with Crippen molar-refractivity contribution in [3.63, 3.8) is 0 Å². The molecule has 0 aliphatic carbocycles.